The van der Waals surface area contributed by atoms with Gasteiger partial charge in [-0.15, -0.1) is 0 Å². The first-order chi connectivity index (χ1) is 51.2. The number of halogens is 19. The highest BCUT2D eigenvalue weighted by Gasteiger charge is 2.72. The Morgan fingerprint density at radius 3 is 1.07 bits per heavy atom. The fourth-order valence-electron chi connectivity index (χ4n) is 15.8. The van der Waals surface area contributed by atoms with Crippen LogP contribution < -0.4 is 47.1 Å². The molecule has 2 heterocycles. The molecule has 111 heavy (non-hydrogen) atoms. The van der Waals surface area contributed by atoms with Crippen LogP contribution in [0.15, 0.2) is 109 Å². The Bertz CT molecular complexity index is 4130. The number of carbonyl (C=O) groups is 2. The lowest BCUT2D eigenvalue weighted by Gasteiger charge is -2.63. The number of hydrogen-bond donors (Lipinski definition) is 3. The molecule has 6 aromatic carbocycles. The second kappa shape index (κ2) is 33.9. The van der Waals surface area contributed by atoms with Gasteiger partial charge in [-0.3, -0.25) is 0 Å². The molecule has 608 valence electrons. The SMILES string of the molecule is CC(F)(F)C(=O)OC12CC3CC(C1)C1(OCC(F)(F)C(F)(F)CO1)C(C3)C2.CC(F)(F)C(=O)OC12CC3CC(C1)C1(OCC(F)(F)C(F)(F)CO1)C(C3)C2.Cc1cc(F)ccc1[I+]c1ccc(C(C)(C)C)cc1.Cc1cc(Oc2cc(I)c(O)cc2I)ccc1[I+]c1ccc(C(C)(C)C)cc1.Oc1cc(I)c(O)cc1I. The van der Waals surface area contributed by atoms with Crippen molar-refractivity contribution in [2.24, 2.45) is 35.5 Å². The predicted octanol–water partition coefficient (Wildman–Crippen LogP) is 15.5. The lowest BCUT2D eigenvalue weighted by atomic mass is 9.51. The summed E-state index contributed by atoms with van der Waals surface area (Å²) < 4.78 is 222. The van der Waals surface area contributed by atoms with E-state index in [0.717, 1.165) is 24.2 Å². The molecule has 0 amide bonds. The number of aromatic hydroxyl groups is 3. The first kappa shape index (κ1) is 90.1. The minimum absolute atomic E-state index is 0.0166. The molecule has 2 spiro atoms. The van der Waals surface area contributed by atoms with Crippen molar-refractivity contribution >= 4 is 102 Å². The van der Waals surface area contributed by atoms with E-state index in [0.29, 0.717) is 59.5 Å². The Hall–Kier alpha value is -3.23. The van der Waals surface area contributed by atoms with Gasteiger partial charge in [-0.2, -0.15) is 52.7 Å². The maximum Gasteiger partial charge on any atom is 0.377 e. The summed E-state index contributed by atoms with van der Waals surface area (Å²) in [6.45, 7) is 12.5. The summed E-state index contributed by atoms with van der Waals surface area (Å²) >= 11 is 7.76. The van der Waals surface area contributed by atoms with Crippen molar-refractivity contribution in [1.29, 1.82) is 0 Å². The summed E-state index contributed by atoms with van der Waals surface area (Å²) in [5.74, 6) is -31.4. The number of alkyl halides is 12. The summed E-state index contributed by atoms with van der Waals surface area (Å²) in [7, 11) is 0. The van der Waals surface area contributed by atoms with E-state index in [1.54, 1.807) is 18.2 Å². The molecule has 8 bridgehead atoms. The molecule has 16 rings (SSSR count). The largest absolute Gasteiger partial charge is 0.507 e. The lowest BCUT2D eigenvalue weighted by molar-refractivity contribution is -0.598. The smallest absolute Gasteiger partial charge is 0.377 e. The molecule has 0 aromatic heterocycles. The zero-order valence-corrected chi connectivity index (χ0v) is 74.9. The highest BCUT2D eigenvalue weighted by atomic mass is 127. The third-order valence-electron chi connectivity index (χ3n) is 21.2. The number of rotatable bonds is 10. The fraction of sp³-hybridized carbons (Fsp3) is 0.525. The molecule has 0 radical (unpaired) electrons. The van der Waals surface area contributed by atoms with Crippen LogP contribution in [0, 0.1) is 83.7 Å². The van der Waals surface area contributed by atoms with Crippen molar-refractivity contribution in [3.63, 3.8) is 0 Å². The van der Waals surface area contributed by atoms with Crippen LogP contribution in [-0.4, -0.2) is 112 Å². The second-order valence-corrected chi connectivity index (χ2v) is 42.7. The van der Waals surface area contributed by atoms with Gasteiger partial charge in [-0.1, -0.05) is 65.8 Å². The fourth-order valence-corrected chi connectivity index (χ4v) is 22.4. The van der Waals surface area contributed by atoms with E-state index in [2.05, 4.69) is 154 Å². The van der Waals surface area contributed by atoms with Crippen LogP contribution in [0.2, 0.25) is 0 Å². The standard InChI is InChI=1S/C23H21I3O2.2C17H20F6O4.C17H19FI.C6H4I2O2/c1-14-11-17(28-22-13-18(24)21(27)12-19(22)25)9-10-20(14)26-16-7-5-15(6-8-16)23(2,3)4;2*1-13(18,19)12(24)27-14-4-9-2-10(5-14)17(11(3-9)6-14)25-7-15(20,21)16(22,23)8-26-17;1-12-11-14(18)7-10-16(12)19-15-8-5-13(6-9-15)17(2,3)4;7-3-1-5(9)4(8)2-6(3)10/h5-13H,1-4H3;2*9-11H,2-8H2,1H3;5-11H,1-4H3;1-2,9-10H/q;;;+1;/p+1. The van der Waals surface area contributed by atoms with Gasteiger partial charge in [0, 0.05) is 48.6 Å². The molecule has 12 nitrogen and oxygen atoms in total. The van der Waals surface area contributed by atoms with Gasteiger partial charge in [0.2, 0.25) is 0 Å². The van der Waals surface area contributed by atoms with Crippen LogP contribution in [0.25, 0.3) is 0 Å². The quantitative estimate of drug-likeness (QED) is 0.0516. The van der Waals surface area contributed by atoms with Crippen LogP contribution in [0.3, 0.4) is 0 Å². The molecule has 3 N–H and O–H groups in total. The molecule has 31 heteroatoms. The molecule has 8 aliphatic carbocycles. The Morgan fingerprint density at radius 2 is 0.757 bits per heavy atom. The van der Waals surface area contributed by atoms with Gasteiger partial charge >= 0.3 is 89.9 Å². The van der Waals surface area contributed by atoms with E-state index in [9.17, 15) is 71.8 Å². The van der Waals surface area contributed by atoms with Crippen LogP contribution in [0.1, 0.15) is 142 Å². The molecule has 8 saturated carbocycles. The normalized spacial score (nSPS) is 25.9. The van der Waals surface area contributed by atoms with E-state index in [-0.39, 0.29) is 114 Å². The minimum atomic E-state index is -4.36. The maximum atomic E-state index is 13.7. The van der Waals surface area contributed by atoms with Crippen LogP contribution >= 0.6 is 90.4 Å². The number of carbonyl (C=O) groups excluding carboxylic acids is 2. The Balaban J connectivity index is 0.000000152. The van der Waals surface area contributed by atoms with Crippen LogP contribution in [-0.2, 0) is 48.8 Å². The third kappa shape index (κ3) is 20.9. The third-order valence-corrected chi connectivity index (χ3v) is 30.9. The van der Waals surface area contributed by atoms with Crippen molar-refractivity contribution < 1.29 is 158 Å². The molecule has 6 aromatic rings. The molecule has 2 aliphatic heterocycles. The monoisotopic (exact) mass is 2250 g/mol. The summed E-state index contributed by atoms with van der Waals surface area (Å²) in [6.07, 6.45) is 2.93. The zero-order valence-electron chi connectivity index (χ0n) is 62.0. The Morgan fingerprint density at radius 1 is 0.441 bits per heavy atom. The average Bonchev–Trinajstić information content (AvgIpc) is 1.69. The highest BCUT2D eigenvalue weighted by molar-refractivity contribution is 14.1. The first-order valence-electron chi connectivity index (χ1n) is 35.6. The molecule has 10 aliphatic rings. The topological polar surface area (TPSA) is 159 Å². The lowest BCUT2D eigenvalue weighted by Crippen LogP contribution is -3.61. The van der Waals surface area contributed by atoms with Crippen molar-refractivity contribution in [2.45, 2.75) is 203 Å². The Kier molecular flexibility index (Phi) is 27.5. The number of phenolic OH excluding ortho intramolecular Hbond substituents is 3. The van der Waals surface area contributed by atoms with Gasteiger partial charge < -0.3 is 48.5 Å². The summed E-state index contributed by atoms with van der Waals surface area (Å²) in [6, 6.07) is 36.0. The zero-order chi connectivity index (χ0) is 82.0. The van der Waals surface area contributed by atoms with Crippen molar-refractivity contribution in [3.05, 3.63) is 166 Å². The van der Waals surface area contributed by atoms with Gasteiger partial charge in [0.15, 0.2) is 25.9 Å². The molecule has 4 atom stereocenters. The summed E-state index contributed by atoms with van der Waals surface area (Å²) in [4.78, 5) is 23.4. The molecule has 4 unspecified atom stereocenters. The van der Waals surface area contributed by atoms with Gasteiger partial charge in [-0.05, 0) is 287 Å². The van der Waals surface area contributed by atoms with E-state index < -0.39 is 120 Å². The number of esters is 2. The van der Waals surface area contributed by atoms with Crippen molar-refractivity contribution in [3.8, 4) is 28.7 Å². The maximum absolute atomic E-state index is 13.7. The molecule has 10 fully saturated rings. The predicted molar refractivity (Wildman–Crippen MR) is 411 cm³/mol. The molecular weight excluding hydrogens is 2160 g/mol. The number of benzene rings is 6. The van der Waals surface area contributed by atoms with Crippen LogP contribution in [0.5, 0.6) is 28.7 Å². The first-order valence-corrected chi connectivity index (χ1v) is 44.2. The van der Waals surface area contributed by atoms with Gasteiger partial charge in [-0.25, -0.2) is 14.0 Å². The Labute approximate surface area is 711 Å². The van der Waals surface area contributed by atoms with Crippen LogP contribution in [0.4, 0.5) is 57.1 Å². The van der Waals surface area contributed by atoms with Crippen molar-refractivity contribution in [2.75, 3.05) is 26.4 Å². The number of phenols is 3. The van der Waals surface area contributed by atoms with Gasteiger partial charge in [0.1, 0.15) is 72.2 Å². The van der Waals surface area contributed by atoms with Gasteiger partial charge in [0.05, 0.1) is 14.3 Å². The number of aryl methyl sites for hydroxylation is 2. The van der Waals surface area contributed by atoms with E-state index in [4.69, 9.17) is 43.4 Å². The highest BCUT2D eigenvalue weighted by Crippen LogP contribution is 2.66. The summed E-state index contributed by atoms with van der Waals surface area (Å²) in [5.41, 5.74) is 3.14. The number of hydrogen-bond acceptors (Lipinski definition) is 12. The van der Waals surface area contributed by atoms with E-state index >= 15 is 0 Å². The molecular formula is C80H85F13I6O12+2. The summed E-state index contributed by atoms with van der Waals surface area (Å²) in [5, 5.41) is 28.0. The second-order valence-electron chi connectivity index (χ2n) is 32.1. The van der Waals surface area contributed by atoms with E-state index in [1.807, 2.05) is 70.3 Å². The van der Waals surface area contributed by atoms with Crippen molar-refractivity contribution in [1.82, 2.24) is 0 Å². The number of ether oxygens (including phenoxy) is 7. The van der Waals surface area contributed by atoms with E-state index in [1.165, 1.54) is 43.1 Å². The van der Waals surface area contributed by atoms with Gasteiger partial charge in [0.25, 0.3) is 0 Å². The minimum Gasteiger partial charge on any atom is -0.507 e. The molecule has 2 saturated heterocycles. The average molecular weight is 2250 g/mol.